The summed E-state index contributed by atoms with van der Waals surface area (Å²) < 4.78 is 28.4. The van der Waals surface area contributed by atoms with Crippen molar-refractivity contribution in [1.82, 2.24) is 39.7 Å². The number of nitrogens with one attached hydrogen (secondary N) is 4. The van der Waals surface area contributed by atoms with Crippen molar-refractivity contribution in [3.8, 4) is 45.4 Å². The number of pyridine rings is 2. The number of benzene rings is 4. The molecule has 1 saturated heterocycles. The number of nitrogens with zero attached hydrogens (tertiary/aromatic N) is 6. The van der Waals surface area contributed by atoms with Crippen molar-refractivity contribution in [1.29, 1.82) is 0 Å². The van der Waals surface area contributed by atoms with Crippen LogP contribution in [-0.2, 0) is 29.9 Å². The molecule has 0 atom stereocenters. The highest BCUT2D eigenvalue weighted by Crippen LogP contribution is 2.45. The van der Waals surface area contributed by atoms with Gasteiger partial charge in [0.05, 0.1) is 63.1 Å². The molecular formula is C64H70BBrN10O6. The molecule has 0 spiro atoms. The molecule has 3 aliphatic heterocycles. The van der Waals surface area contributed by atoms with Gasteiger partial charge in [-0.25, -0.2) is 29.5 Å². The maximum absolute atomic E-state index is 12.5. The van der Waals surface area contributed by atoms with Crippen LogP contribution in [0.1, 0.15) is 119 Å². The highest BCUT2D eigenvalue weighted by Gasteiger charge is 2.52. The zero-order chi connectivity index (χ0) is 57.8. The van der Waals surface area contributed by atoms with E-state index in [1.54, 1.807) is 12.4 Å². The first-order valence-corrected chi connectivity index (χ1v) is 28.8. The van der Waals surface area contributed by atoms with E-state index in [4.69, 9.17) is 23.8 Å². The number of anilines is 4. The molecule has 0 radical (unpaired) electrons. The Balaban J connectivity index is 0.000000136. The van der Waals surface area contributed by atoms with Crippen LogP contribution in [0.3, 0.4) is 0 Å². The number of alkyl carbamates (subject to hydrolysis) is 2. The fourth-order valence-corrected chi connectivity index (χ4v) is 11.3. The van der Waals surface area contributed by atoms with Crippen LogP contribution in [0, 0.1) is 0 Å². The minimum absolute atomic E-state index is 0.337. The first-order chi connectivity index (χ1) is 39.0. The van der Waals surface area contributed by atoms with E-state index in [1.807, 2.05) is 121 Å². The molecular weight excluding hydrogens is 1100 g/mol. The zero-order valence-electron chi connectivity index (χ0n) is 48.2. The Morgan fingerprint density at radius 1 is 0.573 bits per heavy atom. The molecule has 4 aromatic heterocycles. The first kappa shape index (κ1) is 56.1. The molecule has 0 bridgehead atoms. The maximum atomic E-state index is 12.5. The highest BCUT2D eigenvalue weighted by atomic mass is 79.9. The number of imidazole rings is 2. The monoisotopic (exact) mass is 1160 g/mol. The van der Waals surface area contributed by atoms with Gasteiger partial charge >= 0.3 is 19.3 Å². The molecule has 2 aliphatic carbocycles. The lowest BCUT2D eigenvalue weighted by atomic mass is 9.70. The average Bonchev–Trinajstić information content (AvgIpc) is 3.02. The standard InChI is InChI=1S/C29H29N5O2.C21H32BNO4.C14H9BrN4/c1-28(2,3)36-27(35)33-29(15-7-16-29)20-13-11-19(12-14-20)24-18-31-26-21-8-4-5-9-22(21)32-25-23(34(24)26)10-6-17-30-25;1-18(2,3)25-17(24)23-21(13-8-14-21)15-9-11-16(12-10-15)22-26-19(4,5)20(6,7)27-22;15-12-8-17-14-9-4-1-2-5-10(9)18-13-11(19(12)14)6-3-7-16-13/h4-6,8-14,17-18H,7,15-16H2,1-3H3,(H,30,32)(H,33,35);9-12H,8,13-14H2,1-7H3,(H,23,24);1-8H,(H,16,18). The van der Waals surface area contributed by atoms with E-state index < -0.39 is 11.2 Å². The number of carbonyl (C=O) groups is 2. The van der Waals surface area contributed by atoms with Crippen molar-refractivity contribution in [2.75, 3.05) is 10.6 Å². The summed E-state index contributed by atoms with van der Waals surface area (Å²) in [4.78, 5) is 43.2. The van der Waals surface area contributed by atoms with Gasteiger partial charge in [0.2, 0.25) is 0 Å². The molecule has 8 aromatic rings. The number of rotatable bonds is 6. The molecule has 4 aromatic carbocycles. The van der Waals surface area contributed by atoms with Crippen molar-refractivity contribution in [3.63, 3.8) is 0 Å². The Morgan fingerprint density at radius 3 is 1.48 bits per heavy atom. The van der Waals surface area contributed by atoms with Gasteiger partial charge in [-0.15, -0.1) is 0 Å². The number of aromatic nitrogens is 6. The van der Waals surface area contributed by atoms with E-state index in [9.17, 15) is 9.59 Å². The quantitative estimate of drug-likeness (QED) is 0.116. The number of halogens is 1. The van der Waals surface area contributed by atoms with Crippen LogP contribution in [0.4, 0.5) is 32.6 Å². The summed E-state index contributed by atoms with van der Waals surface area (Å²) in [6.07, 6.45) is 12.4. The van der Waals surface area contributed by atoms with Gasteiger partial charge in [-0.2, -0.15) is 0 Å². The first-order valence-electron chi connectivity index (χ1n) is 28.1. The topological polar surface area (TPSA) is 181 Å². The number of carbonyl (C=O) groups excluding carboxylic acids is 2. The zero-order valence-corrected chi connectivity index (χ0v) is 49.8. The third-order valence-corrected chi connectivity index (χ3v) is 16.6. The lowest BCUT2D eigenvalue weighted by Crippen LogP contribution is -2.52. The molecule has 16 nitrogen and oxygen atoms in total. The maximum Gasteiger partial charge on any atom is 0.494 e. The van der Waals surface area contributed by atoms with Crippen LogP contribution in [0.15, 0.2) is 151 Å². The molecule has 82 heavy (non-hydrogen) atoms. The minimum atomic E-state index is -0.530. The molecule has 4 N–H and O–H groups in total. The molecule has 2 amide bonds. The van der Waals surface area contributed by atoms with Crippen molar-refractivity contribution >= 4 is 63.7 Å². The Hall–Kier alpha value is -7.80. The number of para-hydroxylation sites is 2. The van der Waals surface area contributed by atoms with Crippen LogP contribution in [0.25, 0.3) is 45.4 Å². The van der Waals surface area contributed by atoms with Crippen LogP contribution < -0.4 is 26.7 Å². The molecule has 3 fully saturated rings. The summed E-state index contributed by atoms with van der Waals surface area (Å²) >= 11 is 3.55. The summed E-state index contributed by atoms with van der Waals surface area (Å²) in [5, 5.41) is 13.1. The Bertz CT molecular complexity index is 3650. The summed E-state index contributed by atoms with van der Waals surface area (Å²) in [5.74, 6) is 3.38. The average molecular weight is 1170 g/mol. The number of hydrogen-bond acceptors (Lipinski definition) is 12. The Kier molecular flexibility index (Phi) is 14.7. The molecule has 5 aliphatic rings. The molecule has 18 heteroatoms. The lowest BCUT2D eigenvalue weighted by molar-refractivity contribution is 0.00578. The predicted octanol–water partition coefficient (Wildman–Crippen LogP) is 14.2. The third-order valence-electron chi connectivity index (χ3n) is 16.0. The Morgan fingerprint density at radius 2 is 1.01 bits per heavy atom. The van der Waals surface area contributed by atoms with Crippen LogP contribution in [0.5, 0.6) is 0 Å². The largest absolute Gasteiger partial charge is 0.494 e. The SMILES string of the molecule is Brc1cnc2n1-c1cccnc1Nc1ccccc1-2.CC(C)(C)OC(=O)NC1(c2ccc(-c3cnc4n3-c3cccnc3Nc3ccccc3-4)cc2)CCC1.CC(C)(C)OC(=O)NC1(c2ccc(B3OC(C)(C)C(C)(C)O3)cc2)CCC1. The number of hydrogen-bond donors (Lipinski definition) is 4. The number of ether oxygens (including phenoxy) is 2. The molecule has 7 heterocycles. The predicted molar refractivity (Wildman–Crippen MR) is 325 cm³/mol. The van der Waals surface area contributed by atoms with Gasteiger partial charge in [0, 0.05) is 29.1 Å². The second kappa shape index (κ2) is 21.5. The van der Waals surface area contributed by atoms with Crippen LogP contribution in [0.2, 0.25) is 0 Å². The van der Waals surface area contributed by atoms with Gasteiger partial charge in [-0.05, 0) is 189 Å². The second-order valence-electron chi connectivity index (χ2n) is 24.5. The summed E-state index contributed by atoms with van der Waals surface area (Å²) in [5.41, 5.74) is 8.73. The van der Waals surface area contributed by atoms with Gasteiger partial charge < -0.3 is 40.0 Å². The van der Waals surface area contributed by atoms with Gasteiger partial charge in [0.15, 0.2) is 11.6 Å². The van der Waals surface area contributed by atoms with Crippen molar-refractivity contribution in [2.24, 2.45) is 0 Å². The summed E-state index contributed by atoms with van der Waals surface area (Å²) in [6.45, 7) is 19.5. The summed E-state index contributed by atoms with van der Waals surface area (Å²) in [7, 11) is -0.375. The number of fused-ring (bicyclic) bond motifs is 10. The van der Waals surface area contributed by atoms with E-state index in [0.29, 0.717) is 0 Å². The number of amides is 2. The van der Waals surface area contributed by atoms with Gasteiger partial charge in [0.1, 0.15) is 27.5 Å². The molecule has 13 rings (SSSR count). The molecule has 0 unspecified atom stereocenters. The smallest absolute Gasteiger partial charge is 0.444 e. The fraction of sp³-hybridized carbons (Fsp3) is 0.344. The highest BCUT2D eigenvalue weighted by molar-refractivity contribution is 9.10. The second-order valence-corrected chi connectivity index (χ2v) is 25.4. The van der Waals surface area contributed by atoms with E-state index in [-0.39, 0.29) is 41.6 Å². The van der Waals surface area contributed by atoms with Crippen LogP contribution >= 0.6 is 15.9 Å². The van der Waals surface area contributed by atoms with Crippen molar-refractivity contribution in [3.05, 3.63) is 162 Å². The van der Waals surface area contributed by atoms with E-state index >= 15 is 0 Å². The van der Waals surface area contributed by atoms with Crippen molar-refractivity contribution in [2.45, 2.75) is 141 Å². The summed E-state index contributed by atoms with van der Waals surface area (Å²) in [6, 6.07) is 40.8. The van der Waals surface area contributed by atoms with Gasteiger partial charge in [-0.3, -0.25) is 9.13 Å². The fourth-order valence-electron chi connectivity index (χ4n) is 10.8. The van der Waals surface area contributed by atoms with E-state index in [2.05, 4.69) is 144 Å². The van der Waals surface area contributed by atoms with Gasteiger partial charge in [-0.1, -0.05) is 72.8 Å². The van der Waals surface area contributed by atoms with Crippen LogP contribution in [-0.4, -0.2) is 70.8 Å². The normalized spacial score (nSPS) is 17.0. The van der Waals surface area contributed by atoms with Gasteiger partial charge in [0.25, 0.3) is 0 Å². The van der Waals surface area contributed by atoms with E-state index in [1.165, 1.54) is 0 Å². The van der Waals surface area contributed by atoms with E-state index in [0.717, 1.165) is 128 Å². The molecule has 2 saturated carbocycles. The molecule has 422 valence electrons. The third kappa shape index (κ3) is 11.1. The Labute approximate surface area is 488 Å². The lowest BCUT2D eigenvalue weighted by Gasteiger charge is -2.43. The van der Waals surface area contributed by atoms with Crippen molar-refractivity contribution < 1.29 is 28.4 Å². The minimum Gasteiger partial charge on any atom is -0.444 e.